The van der Waals surface area contributed by atoms with Crippen LogP contribution in [0.2, 0.25) is 0 Å². The van der Waals surface area contributed by atoms with Crippen LogP contribution in [0.1, 0.15) is 24.0 Å². The van der Waals surface area contributed by atoms with Gasteiger partial charge in [0.05, 0.1) is 6.54 Å². The van der Waals surface area contributed by atoms with Crippen LogP contribution in [-0.4, -0.2) is 19.0 Å². The number of aryl methyl sites for hydroxylation is 1. The Bertz CT molecular complexity index is 814. The van der Waals surface area contributed by atoms with Crippen LogP contribution in [0, 0.1) is 5.21 Å². The predicted octanol–water partition coefficient (Wildman–Crippen LogP) is 3.86. The number of carbonyl (C=O) groups excluding carboxylic acids is 1. The first-order valence-electron chi connectivity index (χ1n) is 8.40. The second kappa shape index (κ2) is 5.89. The average molecular weight is 320 g/mol. The van der Waals surface area contributed by atoms with Crippen molar-refractivity contribution in [3.63, 3.8) is 0 Å². The van der Waals surface area contributed by atoms with Crippen molar-refractivity contribution in [1.29, 1.82) is 0 Å². The molecule has 4 nitrogen and oxygen atoms in total. The van der Waals surface area contributed by atoms with Gasteiger partial charge in [0.25, 0.3) is 0 Å². The summed E-state index contributed by atoms with van der Waals surface area (Å²) >= 11 is 0. The number of rotatable bonds is 2. The van der Waals surface area contributed by atoms with Gasteiger partial charge in [-0.25, -0.2) is 0 Å². The first-order chi connectivity index (χ1) is 11.6. The van der Waals surface area contributed by atoms with Crippen molar-refractivity contribution in [2.75, 3.05) is 18.4 Å². The van der Waals surface area contributed by atoms with Gasteiger partial charge in [0.1, 0.15) is 12.2 Å². The number of anilines is 1. The van der Waals surface area contributed by atoms with Gasteiger partial charge in [0, 0.05) is 30.7 Å². The second-order valence-electron chi connectivity index (χ2n) is 6.53. The highest BCUT2D eigenvalue weighted by Crippen LogP contribution is 2.34. The zero-order valence-corrected chi connectivity index (χ0v) is 13.5. The average Bonchev–Trinajstić information content (AvgIpc) is 2.62. The second-order valence-corrected chi connectivity index (χ2v) is 6.53. The number of nitrogens with zero attached hydrogens (tertiary/aromatic N) is 1. The number of amides is 1. The molecule has 0 saturated heterocycles. The van der Waals surface area contributed by atoms with Gasteiger partial charge in [-0.3, -0.25) is 4.79 Å². The third kappa shape index (κ3) is 2.75. The highest BCUT2D eigenvalue weighted by Gasteiger charge is 2.26. The topological polar surface area (TPSA) is 52.2 Å². The molecule has 1 atom stereocenters. The zero-order valence-electron chi connectivity index (χ0n) is 13.5. The minimum atomic E-state index is -0.322. The highest BCUT2D eigenvalue weighted by molar-refractivity contribution is 5.94. The van der Waals surface area contributed by atoms with Crippen LogP contribution in [0.5, 0.6) is 0 Å². The molecule has 4 heteroatoms. The van der Waals surface area contributed by atoms with E-state index in [4.69, 9.17) is 0 Å². The number of quaternary nitrogens is 1. The molecule has 0 bridgehead atoms. The molecule has 2 aromatic carbocycles. The Balaban J connectivity index is 1.59. The molecule has 4 rings (SSSR count). The maximum atomic E-state index is 13.3. The number of benzene rings is 2. The van der Waals surface area contributed by atoms with Crippen molar-refractivity contribution < 1.29 is 4.79 Å². The normalized spacial score (nSPS) is 23.2. The molecule has 0 aromatic heterocycles. The van der Waals surface area contributed by atoms with E-state index >= 15 is 0 Å². The Hall–Kier alpha value is -2.43. The Morgan fingerprint density at radius 2 is 1.83 bits per heavy atom. The van der Waals surface area contributed by atoms with E-state index in [0.717, 1.165) is 23.4 Å². The van der Waals surface area contributed by atoms with Gasteiger partial charge in [-0.05, 0) is 35.3 Å². The van der Waals surface area contributed by atoms with Crippen LogP contribution in [0.15, 0.2) is 54.6 Å². The lowest BCUT2D eigenvalue weighted by atomic mass is 9.98. The van der Waals surface area contributed by atoms with Crippen LogP contribution < -0.4 is 9.96 Å². The van der Waals surface area contributed by atoms with Gasteiger partial charge in [0.15, 0.2) is 0 Å². The summed E-state index contributed by atoms with van der Waals surface area (Å²) in [4.78, 5) is 11.5. The van der Waals surface area contributed by atoms with E-state index in [2.05, 4.69) is 23.5 Å². The van der Waals surface area contributed by atoms with E-state index in [1.807, 2.05) is 36.4 Å². The molecule has 0 fully saturated rings. The monoisotopic (exact) mass is 320 g/mol. The molecule has 0 spiro atoms. The van der Waals surface area contributed by atoms with E-state index in [0.29, 0.717) is 25.9 Å². The summed E-state index contributed by atoms with van der Waals surface area (Å²) in [5, 5.41) is 16.1. The molecule has 1 amide bonds. The third-order valence-corrected chi connectivity index (χ3v) is 4.97. The molecule has 2 aliphatic rings. The third-order valence-electron chi connectivity index (χ3n) is 4.97. The fourth-order valence-electron chi connectivity index (χ4n) is 3.52. The Morgan fingerprint density at radius 1 is 1.00 bits per heavy atom. The molecule has 0 aliphatic carbocycles. The highest BCUT2D eigenvalue weighted by atomic mass is 16.5. The van der Waals surface area contributed by atoms with E-state index in [1.54, 1.807) is 0 Å². The minimum absolute atomic E-state index is 0.0506. The van der Waals surface area contributed by atoms with Crippen molar-refractivity contribution in [1.82, 2.24) is 4.65 Å². The van der Waals surface area contributed by atoms with Gasteiger partial charge < -0.3 is 15.2 Å². The van der Waals surface area contributed by atoms with Gasteiger partial charge in [0.2, 0.25) is 5.91 Å². The summed E-state index contributed by atoms with van der Waals surface area (Å²) in [7, 11) is 0. The summed E-state index contributed by atoms with van der Waals surface area (Å²) < 4.78 is -0.322. The fraction of sp³-hybridized carbons (Fsp3) is 0.250. The molecule has 24 heavy (non-hydrogen) atoms. The van der Waals surface area contributed by atoms with Crippen LogP contribution >= 0.6 is 0 Å². The van der Waals surface area contributed by atoms with Gasteiger partial charge in [-0.1, -0.05) is 30.3 Å². The molecular formula is C20H20N2O2. The molecular weight excluding hydrogens is 300 g/mol. The Labute approximate surface area is 141 Å². The lowest BCUT2D eigenvalue weighted by Crippen LogP contribution is -2.46. The SMILES string of the molecule is O=C1CCc2cc([N+]3([O-])CC=C(c4ccccc4)CC3)ccc2N1. The van der Waals surface area contributed by atoms with Crippen LogP contribution in [0.3, 0.4) is 0 Å². The fourth-order valence-corrected chi connectivity index (χ4v) is 3.52. The van der Waals surface area contributed by atoms with Gasteiger partial charge in [-0.2, -0.15) is 0 Å². The summed E-state index contributed by atoms with van der Waals surface area (Å²) in [5.74, 6) is 0.0506. The molecule has 1 unspecified atom stereocenters. The lowest BCUT2D eigenvalue weighted by molar-refractivity contribution is -0.116. The standard InChI is InChI=1S/C20H20N2O2/c23-20-9-6-17-14-18(7-8-19(17)21-20)22(24)12-10-16(11-13-22)15-4-2-1-3-5-15/h1-5,7-8,10,14H,6,9,11-13H2,(H,21,23). The summed E-state index contributed by atoms with van der Waals surface area (Å²) in [6.07, 6.45) is 4.06. The molecule has 0 saturated carbocycles. The lowest BCUT2D eigenvalue weighted by Gasteiger charge is -2.44. The van der Waals surface area contributed by atoms with Crippen molar-refractivity contribution in [2.45, 2.75) is 19.3 Å². The van der Waals surface area contributed by atoms with Gasteiger partial charge >= 0.3 is 0 Å². The first-order valence-corrected chi connectivity index (χ1v) is 8.40. The Morgan fingerprint density at radius 3 is 2.58 bits per heavy atom. The smallest absolute Gasteiger partial charge is 0.224 e. The largest absolute Gasteiger partial charge is 0.627 e. The van der Waals surface area contributed by atoms with Crippen molar-refractivity contribution in [2.24, 2.45) is 0 Å². The van der Waals surface area contributed by atoms with Crippen molar-refractivity contribution in [3.05, 3.63) is 70.9 Å². The van der Waals surface area contributed by atoms with E-state index in [1.165, 1.54) is 11.1 Å². The zero-order chi connectivity index (χ0) is 16.6. The molecule has 122 valence electrons. The number of fused-ring (bicyclic) bond motifs is 1. The summed E-state index contributed by atoms with van der Waals surface area (Å²) in [6.45, 7) is 1.00. The van der Waals surface area contributed by atoms with E-state index < -0.39 is 0 Å². The maximum Gasteiger partial charge on any atom is 0.224 e. The quantitative estimate of drug-likeness (QED) is 0.675. The maximum absolute atomic E-state index is 13.3. The minimum Gasteiger partial charge on any atom is -0.627 e. The number of hydrogen-bond acceptors (Lipinski definition) is 2. The van der Waals surface area contributed by atoms with Crippen LogP contribution in [0.4, 0.5) is 11.4 Å². The first kappa shape index (κ1) is 15.1. The van der Waals surface area contributed by atoms with E-state index in [-0.39, 0.29) is 10.6 Å². The van der Waals surface area contributed by atoms with Crippen molar-refractivity contribution in [3.8, 4) is 0 Å². The summed E-state index contributed by atoms with van der Waals surface area (Å²) in [5.41, 5.74) is 5.16. The van der Waals surface area contributed by atoms with Gasteiger partial charge in [-0.15, -0.1) is 0 Å². The number of nitrogens with one attached hydrogen (secondary N) is 1. The van der Waals surface area contributed by atoms with E-state index in [9.17, 15) is 10.0 Å². The van der Waals surface area contributed by atoms with Crippen LogP contribution in [0.25, 0.3) is 5.57 Å². The number of hydroxylamine groups is 2. The number of hydrogen-bond donors (Lipinski definition) is 1. The molecule has 2 heterocycles. The molecule has 2 aliphatic heterocycles. The Kier molecular flexibility index (Phi) is 3.71. The predicted molar refractivity (Wildman–Crippen MR) is 97.3 cm³/mol. The summed E-state index contributed by atoms with van der Waals surface area (Å²) in [6, 6.07) is 16.0. The molecule has 0 radical (unpaired) electrons. The van der Waals surface area contributed by atoms with Crippen LogP contribution in [-0.2, 0) is 11.2 Å². The molecule has 2 aromatic rings. The molecule has 1 N–H and O–H groups in total. The van der Waals surface area contributed by atoms with Crippen molar-refractivity contribution >= 4 is 22.9 Å². The number of carbonyl (C=O) groups is 1.